The summed E-state index contributed by atoms with van der Waals surface area (Å²) in [6.45, 7) is 3.28. The van der Waals surface area contributed by atoms with Gasteiger partial charge in [0.05, 0.1) is 5.56 Å². The number of carbonyl (C=O) groups is 2. The Kier molecular flexibility index (Phi) is 4.70. The molecule has 2 N–H and O–H groups in total. The normalized spacial score (nSPS) is 10.0. The van der Waals surface area contributed by atoms with Crippen LogP contribution in [0.15, 0.2) is 41.1 Å². The highest BCUT2D eigenvalue weighted by molar-refractivity contribution is 9.10. The van der Waals surface area contributed by atoms with Gasteiger partial charge in [0.25, 0.3) is 5.91 Å². The van der Waals surface area contributed by atoms with Crippen LogP contribution in [0, 0.1) is 6.92 Å². The van der Waals surface area contributed by atoms with Crippen molar-refractivity contribution in [2.24, 2.45) is 0 Å². The van der Waals surface area contributed by atoms with E-state index in [0.29, 0.717) is 16.9 Å². The van der Waals surface area contributed by atoms with E-state index < -0.39 is 0 Å². The number of aromatic nitrogens is 1. The number of halogens is 1. The molecule has 2 amide bonds. The fourth-order valence-corrected chi connectivity index (χ4v) is 2.19. The number of nitrogens with zero attached hydrogens (tertiary/aromatic N) is 1. The third-order valence-corrected chi connectivity index (χ3v) is 3.29. The predicted molar refractivity (Wildman–Crippen MR) is 85.4 cm³/mol. The lowest BCUT2D eigenvalue weighted by Gasteiger charge is -2.12. The molecule has 0 bridgehead atoms. The molecule has 1 aromatic heterocycles. The molecule has 6 heteroatoms. The average molecular weight is 348 g/mol. The van der Waals surface area contributed by atoms with Crippen molar-refractivity contribution < 1.29 is 9.59 Å². The van der Waals surface area contributed by atoms with Gasteiger partial charge in [-0.15, -0.1) is 0 Å². The van der Waals surface area contributed by atoms with Crippen molar-refractivity contribution in [3.05, 3.63) is 52.3 Å². The number of pyridine rings is 1. The monoisotopic (exact) mass is 347 g/mol. The number of hydrogen-bond acceptors (Lipinski definition) is 3. The van der Waals surface area contributed by atoms with Crippen LogP contribution in [0.2, 0.25) is 0 Å². The van der Waals surface area contributed by atoms with Crippen LogP contribution in [-0.2, 0) is 4.79 Å². The zero-order chi connectivity index (χ0) is 15.4. The van der Waals surface area contributed by atoms with E-state index in [4.69, 9.17) is 0 Å². The highest BCUT2D eigenvalue weighted by Crippen LogP contribution is 2.24. The number of carbonyl (C=O) groups excluding carboxylic acids is 2. The van der Waals surface area contributed by atoms with Crippen molar-refractivity contribution in [2.45, 2.75) is 13.8 Å². The summed E-state index contributed by atoms with van der Waals surface area (Å²) in [5.74, 6) is -0.412. The standard InChI is InChI=1S/C15H14BrN3O2/c1-9-13(18-10(2)20)4-3-5-14(9)19-15(21)11-6-12(16)8-17-7-11/h3-8H,1-2H3,(H,18,20)(H,19,21). The topological polar surface area (TPSA) is 71.1 Å². The molecule has 1 aromatic carbocycles. The van der Waals surface area contributed by atoms with Gasteiger partial charge >= 0.3 is 0 Å². The molecule has 0 unspecified atom stereocenters. The van der Waals surface area contributed by atoms with Gasteiger partial charge in [-0.3, -0.25) is 14.6 Å². The first-order valence-electron chi connectivity index (χ1n) is 6.26. The Bertz CT molecular complexity index is 701. The van der Waals surface area contributed by atoms with E-state index in [1.165, 1.54) is 13.1 Å². The number of amides is 2. The van der Waals surface area contributed by atoms with E-state index in [1.54, 1.807) is 30.5 Å². The minimum absolute atomic E-state index is 0.155. The summed E-state index contributed by atoms with van der Waals surface area (Å²) in [7, 11) is 0. The molecule has 1 heterocycles. The lowest BCUT2D eigenvalue weighted by Crippen LogP contribution is -2.14. The van der Waals surface area contributed by atoms with Crippen LogP contribution in [0.25, 0.3) is 0 Å². The van der Waals surface area contributed by atoms with Gasteiger partial charge in [0.1, 0.15) is 0 Å². The summed E-state index contributed by atoms with van der Waals surface area (Å²) >= 11 is 3.28. The maximum atomic E-state index is 12.2. The van der Waals surface area contributed by atoms with Gasteiger partial charge in [-0.25, -0.2) is 0 Å². The molecule has 0 aliphatic heterocycles. The average Bonchev–Trinajstić information content (AvgIpc) is 2.42. The predicted octanol–water partition coefficient (Wildman–Crippen LogP) is 3.36. The van der Waals surface area contributed by atoms with Crippen molar-refractivity contribution in [3.63, 3.8) is 0 Å². The van der Waals surface area contributed by atoms with Crippen LogP contribution in [0.5, 0.6) is 0 Å². The van der Waals surface area contributed by atoms with Crippen LogP contribution >= 0.6 is 15.9 Å². The number of rotatable bonds is 3. The van der Waals surface area contributed by atoms with Gasteiger partial charge in [0.15, 0.2) is 0 Å². The van der Waals surface area contributed by atoms with Crippen LogP contribution in [0.3, 0.4) is 0 Å². The Morgan fingerprint density at radius 1 is 1.14 bits per heavy atom. The molecule has 0 radical (unpaired) electrons. The maximum Gasteiger partial charge on any atom is 0.257 e. The van der Waals surface area contributed by atoms with Crippen molar-refractivity contribution in [3.8, 4) is 0 Å². The molecule has 0 spiro atoms. The Morgan fingerprint density at radius 2 is 1.81 bits per heavy atom. The quantitative estimate of drug-likeness (QED) is 0.894. The SMILES string of the molecule is CC(=O)Nc1cccc(NC(=O)c2cncc(Br)c2)c1C. The highest BCUT2D eigenvalue weighted by atomic mass is 79.9. The Labute approximate surface area is 130 Å². The van der Waals surface area contributed by atoms with Crippen molar-refractivity contribution >= 4 is 39.1 Å². The highest BCUT2D eigenvalue weighted by Gasteiger charge is 2.10. The second kappa shape index (κ2) is 6.49. The zero-order valence-corrected chi connectivity index (χ0v) is 13.2. The van der Waals surface area contributed by atoms with Crippen LogP contribution in [0.4, 0.5) is 11.4 Å². The minimum atomic E-state index is -0.258. The van der Waals surface area contributed by atoms with E-state index >= 15 is 0 Å². The number of hydrogen-bond donors (Lipinski definition) is 2. The molecule has 0 atom stereocenters. The minimum Gasteiger partial charge on any atom is -0.326 e. The van der Waals surface area contributed by atoms with Crippen LogP contribution in [0.1, 0.15) is 22.8 Å². The van der Waals surface area contributed by atoms with Gasteiger partial charge in [-0.2, -0.15) is 0 Å². The summed E-state index contributed by atoms with van der Waals surface area (Å²) in [5, 5.41) is 5.54. The number of benzene rings is 1. The smallest absolute Gasteiger partial charge is 0.257 e. The molecule has 2 rings (SSSR count). The van der Waals surface area contributed by atoms with Crippen LogP contribution in [-0.4, -0.2) is 16.8 Å². The van der Waals surface area contributed by atoms with Gasteiger partial charge < -0.3 is 10.6 Å². The third kappa shape index (κ3) is 3.88. The molecule has 0 aliphatic carbocycles. The molecule has 5 nitrogen and oxygen atoms in total. The number of anilines is 2. The van der Waals surface area contributed by atoms with E-state index in [9.17, 15) is 9.59 Å². The van der Waals surface area contributed by atoms with Gasteiger partial charge in [0.2, 0.25) is 5.91 Å². The Balaban J connectivity index is 2.23. The lowest BCUT2D eigenvalue weighted by atomic mass is 10.1. The molecule has 108 valence electrons. The molecule has 0 saturated heterocycles. The van der Waals surface area contributed by atoms with Crippen molar-refractivity contribution in [2.75, 3.05) is 10.6 Å². The van der Waals surface area contributed by atoms with Crippen molar-refractivity contribution in [1.29, 1.82) is 0 Å². The fraction of sp³-hybridized carbons (Fsp3) is 0.133. The molecule has 0 saturated carbocycles. The van der Waals surface area contributed by atoms with Gasteiger partial charge in [0, 0.05) is 35.2 Å². The lowest BCUT2D eigenvalue weighted by molar-refractivity contribution is -0.114. The van der Waals surface area contributed by atoms with Crippen molar-refractivity contribution in [1.82, 2.24) is 4.98 Å². The maximum absolute atomic E-state index is 12.2. The molecule has 0 aliphatic rings. The van der Waals surface area contributed by atoms with Gasteiger partial charge in [-0.1, -0.05) is 6.07 Å². The molecule has 21 heavy (non-hydrogen) atoms. The van der Waals surface area contributed by atoms with E-state index in [-0.39, 0.29) is 11.8 Å². The molecular formula is C15H14BrN3O2. The summed E-state index contributed by atoms with van der Waals surface area (Å²) in [5.41, 5.74) is 2.57. The summed E-state index contributed by atoms with van der Waals surface area (Å²) in [6, 6.07) is 7.03. The summed E-state index contributed by atoms with van der Waals surface area (Å²) in [4.78, 5) is 27.3. The van der Waals surface area contributed by atoms with E-state index in [2.05, 4.69) is 31.5 Å². The summed E-state index contributed by atoms with van der Waals surface area (Å²) in [6.07, 6.45) is 3.10. The van der Waals surface area contributed by atoms with E-state index in [1.807, 2.05) is 6.92 Å². The largest absolute Gasteiger partial charge is 0.326 e. The Hall–Kier alpha value is -2.21. The van der Waals surface area contributed by atoms with Gasteiger partial charge in [-0.05, 0) is 46.6 Å². The first-order chi connectivity index (χ1) is 9.97. The van der Waals surface area contributed by atoms with Crippen LogP contribution < -0.4 is 10.6 Å². The molecular weight excluding hydrogens is 334 g/mol. The fourth-order valence-electron chi connectivity index (χ4n) is 1.83. The second-order valence-electron chi connectivity index (χ2n) is 4.51. The number of nitrogens with one attached hydrogen (secondary N) is 2. The molecule has 2 aromatic rings. The third-order valence-electron chi connectivity index (χ3n) is 2.86. The van der Waals surface area contributed by atoms with E-state index in [0.717, 1.165) is 10.0 Å². The Morgan fingerprint density at radius 3 is 2.43 bits per heavy atom. The molecule has 0 fully saturated rings. The second-order valence-corrected chi connectivity index (χ2v) is 5.42. The first-order valence-corrected chi connectivity index (χ1v) is 7.06. The summed E-state index contributed by atoms with van der Waals surface area (Å²) < 4.78 is 0.735. The first kappa shape index (κ1) is 15.2. The zero-order valence-electron chi connectivity index (χ0n) is 11.6.